The number of carbonyl (C=O) groups is 1. The second kappa shape index (κ2) is 12.0. The van der Waals surface area contributed by atoms with Crippen LogP contribution in [0.25, 0.3) is 11.1 Å². The van der Waals surface area contributed by atoms with Gasteiger partial charge >= 0.3 is 11.8 Å². The maximum atomic E-state index is 15.1. The van der Waals surface area contributed by atoms with Crippen LogP contribution < -0.4 is 16.6 Å². The molecule has 8 nitrogen and oxygen atoms in total. The number of phenols is 1. The zero-order valence-corrected chi connectivity index (χ0v) is 23.5. The Morgan fingerprint density at radius 2 is 1.55 bits per heavy atom. The molecule has 2 N–H and O–H groups in total. The highest BCUT2D eigenvalue weighted by atomic mass is 19.1. The van der Waals surface area contributed by atoms with Crippen molar-refractivity contribution < 1.29 is 27.8 Å². The van der Waals surface area contributed by atoms with E-state index in [-0.39, 0.29) is 16.8 Å². The Kier molecular flexibility index (Phi) is 8.60. The fraction of sp³-hybridized carbons (Fsp3) is 0.258. The van der Waals surface area contributed by atoms with Gasteiger partial charge in [-0.25, -0.2) is 22.8 Å². The molecule has 220 valence electrons. The first-order valence-corrected chi connectivity index (χ1v) is 13.1. The molecule has 0 bridgehead atoms. The van der Waals surface area contributed by atoms with Gasteiger partial charge in [0.05, 0.1) is 24.7 Å². The zero-order chi connectivity index (χ0) is 30.8. The summed E-state index contributed by atoms with van der Waals surface area (Å²) in [4.78, 5) is 40.5. The molecule has 42 heavy (non-hydrogen) atoms. The first kappa shape index (κ1) is 30.2. The number of phenolic OH excluding ortho intramolecular Hbond substituents is 1. The van der Waals surface area contributed by atoms with E-state index in [0.29, 0.717) is 5.56 Å². The van der Waals surface area contributed by atoms with Crippen molar-refractivity contribution in [2.45, 2.75) is 52.4 Å². The van der Waals surface area contributed by atoms with E-state index in [1.807, 2.05) is 0 Å². The number of alkyl carbamates (subject to hydrolysis) is 1. The molecule has 4 aromatic rings. The molecule has 0 unspecified atom stereocenters. The van der Waals surface area contributed by atoms with E-state index in [1.165, 1.54) is 25.1 Å². The summed E-state index contributed by atoms with van der Waals surface area (Å²) in [6.45, 7) is 5.31. The number of ether oxygens (including phenoxy) is 1. The first-order valence-electron chi connectivity index (χ1n) is 13.1. The van der Waals surface area contributed by atoms with E-state index in [2.05, 4.69) is 5.32 Å². The highest BCUT2D eigenvalue weighted by Gasteiger charge is 2.26. The van der Waals surface area contributed by atoms with E-state index < -0.39 is 70.8 Å². The summed E-state index contributed by atoms with van der Waals surface area (Å²) < 4.78 is 51.5. The fourth-order valence-corrected chi connectivity index (χ4v) is 4.56. The molecule has 0 aliphatic carbocycles. The quantitative estimate of drug-likeness (QED) is 0.303. The van der Waals surface area contributed by atoms with Crippen LogP contribution in [0.1, 0.15) is 43.6 Å². The van der Waals surface area contributed by atoms with Crippen LogP contribution >= 0.6 is 0 Å². The van der Waals surface area contributed by atoms with Gasteiger partial charge in [0.1, 0.15) is 17.2 Å². The number of hydrogen-bond acceptors (Lipinski definition) is 5. The molecule has 0 saturated carbocycles. The van der Waals surface area contributed by atoms with E-state index in [4.69, 9.17) is 4.74 Å². The monoisotopic (exact) mass is 581 g/mol. The van der Waals surface area contributed by atoms with E-state index in [0.717, 1.165) is 27.3 Å². The van der Waals surface area contributed by atoms with Crippen LogP contribution in [0.2, 0.25) is 0 Å². The van der Waals surface area contributed by atoms with Crippen LogP contribution in [-0.4, -0.2) is 25.9 Å². The Labute approximate surface area is 239 Å². The average Bonchev–Trinajstić information content (AvgIpc) is 2.91. The number of rotatable bonds is 7. The van der Waals surface area contributed by atoms with E-state index in [1.54, 1.807) is 51.1 Å². The molecule has 1 atom stereocenters. The molecular formula is C31H30F3N3O5. The molecular weight excluding hydrogens is 551 g/mol. The number of amides is 1. The van der Waals surface area contributed by atoms with Gasteiger partial charge in [-0.05, 0) is 51.5 Å². The highest BCUT2D eigenvalue weighted by molar-refractivity contribution is 5.69. The molecule has 0 fully saturated rings. The molecule has 0 spiro atoms. The second-order valence-electron chi connectivity index (χ2n) is 10.7. The number of nitrogens with zero attached hydrogens (tertiary/aromatic N) is 2. The largest absolute Gasteiger partial charge is 0.505 e. The van der Waals surface area contributed by atoms with Crippen LogP contribution in [0.3, 0.4) is 0 Å². The lowest BCUT2D eigenvalue weighted by Gasteiger charge is -2.25. The molecule has 3 aromatic carbocycles. The van der Waals surface area contributed by atoms with Gasteiger partial charge in [-0.2, -0.15) is 0 Å². The van der Waals surface area contributed by atoms with Gasteiger partial charge in [-0.15, -0.1) is 0 Å². The molecule has 1 aromatic heterocycles. The van der Waals surface area contributed by atoms with Crippen LogP contribution in [0.4, 0.5) is 18.0 Å². The lowest BCUT2D eigenvalue weighted by Crippen LogP contribution is -2.46. The lowest BCUT2D eigenvalue weighted by molar-refractivity contribution is 0.0497. The van der Waals surface area contributed by atoms with Gasteiger partial charge in [0.25, 0.3) is 5.56 Å². The number of aromatic hydroxyl groups is 1. The van der Waals surface area contributed by atoms with Crippen LogP contribution in [0, 0.1) is 24.4 Å². The van der Waals surface area contributed by atoms with Crippen LogP contribution in [-0.2, 0) is 17.8 Å². The topological polar surface area (TPSA) is 103 Å². The molecule has 1 amide bonds. The minimum atomic E-state index is -1.11. The summed E-state index contributed by atoms with van der Waals surface area (Å²) in [6, 6.07) is 14.4. The maximum Gasteiger partial charge on any atom is 0.408 e. The number of halogens is 3. The summed E-state index contributed by atoms with van der Waals surface area (Å²) in [7, 11) is 0. The maximum absolute atomic E-state index is 15.1. The first-order chi connectivity index (χ1) is 19.8. The number of benzene rings is 3. The molecule has 0 aliphatic heterocycles. The number of aromatic nitrogens is 2. The normalized spacial score (nSPS) is 12.2. The Hall–Kier alpha value is -4.80. The van der Waals surface area contributed by atoms with E-state index in [9.17, 15) is 28.3 Å². The number of nitrogens with one attached hydrogen (secondary N) is 1. The van der Waals surface area contributed by atoms with Gasteiger partial charge in [-0.1, -0.05) is 48.5 Å². The molecule has 0 aliphatic rings. The average molecular weight is 582 g/mol. The third-order valence-corrected chi connectivity index (χ3v) is 6.57. The van der Waals surface area contributed by atoms with Crippen molar-refractivity contribution in [2.24, 2.45) is 0 Å². The van der Waals surface area contributed by atoms with Crippen molar-refractivity contribution in [3.63, 3.8) is 0 Å². The Balaban J connectivity index is 1.95. The Morgan fingerprint density at radius 3 is 2.17 bits per heavy atom. The van der Waals surface area contributed by atoms with Crippen LogP contribution in [0.5, 0.6) is 5.75 Å². The molecule has 0 radical (unpaired) electrons. The lowest BCUT2D eigenvalue weighted by atomic mass is 10.0. The number of carbonyl (C=O) groups excluding carboxylic acids is 1. The SMILES string of the molecule is Cc1c(-c2cccc(O)c2F)c(=O)n(C[C@@H](NC(=O)OC(C)(C)C)c2ccccc2)c(=O)n1Cc1c(F)cccc1F. The van der Waals surface area contributed by atoms with Crippen molar-refractivity contribution >= 4 is 6.09 Å². The molecule has 4 rings (SSSR count). The van der Waals surface area contributed by atoms with Gasteiger partial charge < -0.3 is 15.2 Å². The van der Waals surface area contributed by atoms with Crippen molar-refractivity contribution in [1.82, 2.24) is 14.5 Å². The minimum absolute atomic E-state index is 0.0789. The van der Waals surface area contributed by atoms with Gasteiger partial charge in [0, 0.05) is 16.8 Å². The zero-order valence-electron chi connectivity index (χ0n) is 23.5. The van der Waals surface area contributed by atoms with Crippen molar-refractivity contribution in [3.05, 3.63) is 122 Å². The second-order valence-corrected chi connectivity index (χ2v) is 10.7. The van der Waals surface area contributed by atoms with Crippen molar-refractivity contribution in [3.8, 4) is 16.9 Å². The number of hydrogen-bond donors (Lipinski definition) is 2. The predicted molar refractivity (Wildman–Crippen MR) is 151 cm³/mol. The molecule has 11 heteroatoms. The Morgan fingerprint density at radius 1 is 0.929 bits per heavy atom. The fourth-order valence-electron chi connectivity index (χ4n) is 4.56. The predicted octanol–water partition coefficient (Wildman–Crippen LogP) is 5.42. The van der Waals surface area contributed by atoms with Crippen molar-refractivity contribution in [2.75, 3.05) is 0 Å². The summed E-state index contributed by atoms with van der Waals surface area (Å²) >= 11 is 0. The summed E-state index contributed by atoms with van der Waals surface area (Å²) in [5, 5.41) is 12.7. The minimum Gasteiger partial charge on any atom is -0.505 e. The van der Waals surface area contributed by atoms with Gasteiger partial charge in [0.15, 0.2) is 11.6 Å². The summed E-state index contributed by atoms with van der Waals surface area (Å²) in [5.41, 5.74) is -3.34. The van der Waals surface area contributed by atoms with E-state index >= 15 is 4.39 Å². The standard InChI is InChI=1S/C31H30F3N3O5/c1-18-26(20-12-8-15-25(38)27(20)34)28(39)37(30(41)36(18)16-21-22(32)13-9-14-23(21)33)17-24(19-10-6-5-7-11-19)35-29(40)42-31(2,3)4/h5-15,24,38H,16-17H2,1-4H3,(H,35,40)/t24-/m1/s1. The molecule has 0 saturated heterocycles. The highest BCUT2D eigenvalue weighted by Crippen LogP contribution is 2.28. The third kappa shape index (κ3) is 6.40. The molecule has 1 heterocycles. The third-order valence-electron chi connectivity index (χ3n) is 6.57. The smallest absolute Gasteiger partial charge is 0.408 e. The van der Waals surface area contributed by atoms with Crippen LogP contribution in [0.15, 0.2) is 76.3 Å². The summed E-state index contributed by atoms with van der Waals surface area (Å²) in [5.74, 6) is -3.68. The van der Waals surface area contributed by atoms with Gasteiger partial charge in [-0.3, -0.25) is 13.9 Å². The summed E-state index contributed by atoms with van der Waals surface area (Å²) in [6.07, 6.45) is -0.815. The Bertz CT molecular complexity index is 1720. The van der Waals surface area contributed by atoms with Gasteiger partial charge in [0.2, 0.25) is 0 Å². The van der Waals surface area contributed by atoms with Crippen molar-refractivity contribution in [1.29, 1.82) is 0 Å².